The van der Waals surface area contributed by atoms with Gasteiger partial charge in [-0.25, -0.2) is 9.69 Å². The molecule has 8 heteroatoms. The SMILES string of the molecule is COc1ccc(C=C2C(=O)NC(=O)N(c3ccc(Cl)cc3)C2=O)c(OC)c1. The van der Waals surface area contributed by atoms with Crippen LogP contribution in [0, 0.1) is 0 Å². The Morgan fingerprint density at radius 3 is 2.33 bits per heavy atom. The first kappa shape index (κ1) is 18.5. The summed E-state index contributed by atoms with van der Waals surface area (Å²) in [5.41, 5.74) is 0.581. The number of amides is 4. The first-order valence-electron chi connectivity index (χ1n) is 7.83. The topological polar surface area (TPSA) is 84.9 Å². The molecule has 138 valence electrons. The number of imide groups is 2. The molecule has 7 nitrogen and oxygen atoms in total. The summed E-state index contributed by atoms with van der Waals surface area (Å²) in [7, 11) is 2.98. The van der Waals surface area contributed by atoms with Gasteiger partial charge < -0.3 is 9.47 Å². The minimum atomic E-state index is -0.828. The van der Waals surface area contributed by atoms with Crippen LogP contribution in [0.2, 0.25) is 5.02 Å². The molecule has 0 aromatic heterocycles. The van der Waals surface area contributed by atoms with Gasteiger partial charge in [0.2, 0.25) is 0 Å². The van der Waals surface area contributed by atoms with E-state index in [4.69, 9.17) is 21.1 Å². The molecule has 1 aliphatic heterocycles. The van der Waals surface area contributed by atoms with Crippen molar-refractivity contribution in [2.24, 2.45) is 0 Å². The quantitative estimate of drug-likeness (QED) is 0.645. The van der Waals surface area contributed by atoms with Crippen molar-refractivity contribution in [1.29, 1.82) is 0 Å². The lowest BCUT2D eigenvalue weighted by molar-refractivity contribution is -0.122. The largest absolute Gasteiger partial charge is 0.497 e. The Morgan fingerprint density at radius 1 is 1.00 bits per heavy atom. The molecule has 1 N–H and O–H groups in total. The van der Waals surface area contributed by atoms with Crippen molar-refractivity contribution < 1.29 is 23.9 Å². The maximum Gasteiger partial charge on any atom is 0.335 e. The van der Waals surface area contributed by atoms with Gasteiger partial charge in [0.25, 0.3) is 11.8 Å². The second-order valence-corrected chi connectivity index (χ2v) is 5.98. The van der Waals surface area contributed by atoms with Gasteiger partial charge in [-0.1, -0.05) is 11.6 Å². The van der Waals surface area contributed by atoms with Gasteiger partial charge in [-0.15, -0.1) is 0 Å². The predicted molar refractivity (Wildman–Crippen MR) is 100.0 cm³/mol. The van der Waals surface area contributed by atoms with Gasteiger partial charge in [0, 0.05) is 16.7 Å². The minimum Gasteiger partial charge on any atom is -0.497 e. The standard InChI is InChI=1S/C19H15ClN2O5/c1-26-14-8-3-11(16(10-14)27-2)9-15-17(23)21-19(25)22(18(15)24)13-6-4-12(20)5-7-13/h3-10H,1-2H3,(H,21,23,25). The van der Waals surface area contributed by atoms with E-state index in [1.54, 1.807) is 30.3 Å². The number of nitrogens with zero attached hydrogens (tertiary/aromatic N) is 1. The molecule has 1 aliphatic rings. The van der Waals surface area contributed by atoms with Gasteiger partial charge in [-0.3, -0.25) is 14.9 Å². The van der Waals surface area contributed by atoms with Crippen LogP contribution in [-0.2, 0) is 9.59 Å². The van der Waals surface area contributed by atoms with Crippen LogP contribution in [0.15, 0.2) is 48.0 Å². The second kappa shape index (κ2) is 7.51. The molecule has 1 saturated heterocycles. The molecule has 27 heavy (non-hydrogen) atoms. The highest BCUT2D eigenvalue weighted by molar-refractivity contribution is 6.39. The average molecular weight is 387 g/mol. The number of halogens is 1. The van der Waals surface area contributed by atoms with Crippen molar-refractivity contribution in [3.63, 3.8) is 0 Å². The number of carbonyl (C=O) groups is 3. The predicted octanol–water partition coefficient (Wildman–Crippen LogP) is 3.02. The zero-order chi connectivity index (χ0) is 19.6. The third-order valence-corrected chi connectivity index (χ3v) is 4.18. The van der Waals surface area contributed by atoms with Gasteiger partial charge in [0.15, 0.2) is 0 Å². The molecule has 1 heterocycles. The summed E-state index contributed by atoms with van der Waals surface area (Å²) in [6, 6.07) is 10.2. The maximum atomic E-state index is 12.8. The molecule has 0 unspecified atom stereocenters. The highest BCUT2D eigenvalue weighted by Gasteiger charge is 2.36. The van der Waals surface area contributed by atoms with Crippen LogP contribution in [0.3, 0.4) is 0 Å². The first-order valence-corrected chi connectivity index (χ1v) is 8.21. The van der Waals surface area contributed by atoms with Crippen molar-refractivity contribution in [3.8, 4) is 11.5 Å². The number of anilines is 1. The van der Waals surface area contributed by atoms with Crippen LogP contribution in [-0.4, -0.2) is 32.1 Å². The lowest BCUT2D eigenvalue weighted by Gasteiger charge is -2.26. The lowest BCUT2D eigenvalue weighted by Crippen LogP contribution is -2.54. The molecule has 0 radical (unpaired) electrons. The molecule has 3 rings (SSSR count). The molecule has 4 amide bonds. The molecule has 1 fully saturated rings. The van der Waals surface area contributed by atoms with Crippen LogP contribution in [0.25, 0.3) is 6.08 Å². The van der Waals surface area contributed by atoms with E-state index in [-0.39, 0.29) is 5.57 Å². The molecule has 0 saturated carbocycles. The number of nitrogens with one attached hydrogen (secondary N) is 1. The van der Waals surface area contributed by atoms with Crippen LogP contribution >= 0.6 is 11.6 Å². The molecule has 0 atom stereocenters. The van der Waals surface area contributed by atoms with Gasteiger partial charge in [-0.2, -0.15) is 0 Å². The minimum absolute atomic E-state index is 0.201. The van der Waals surface area contributed by atoms with Crippen molar-refractivity contribution >= 4 is 41.2 Å². The summed E-state index contributed by atoms with van der Waals surface area (Å²) < 4.78 is 10.4. The molecular formula is C19H15ClN2O5. The summed E-state index contributed by atoms with van der Waals surface area (Å²) in [6.07, 6.45) is 1.37. The fourth-order valence-corrected chi connectivity index (χ4v) is 2.70. The van der Waals surface area contributed by atoms with E-state index in [1.165, 1.54) is 32.4 Å². The summed E-state index contributed by atoms with van der Waals surface area (Å²) in [6.45, 7) is 0. The molecule has 0 spiro atoms. The number of rotatable bonds is 4. The van der Waals surface area contributed by atoms with Crippen LogP contribution in [0.1, 0.15) is 5.56 Å². The maximum absolute atomic E-state index is 12.8. The van der Waals surface area contributed by atoms with E-state index >= 15 is 0 Å². The zero-order valence-electron chi connectivity index (χ0n) is 14.5. The Bertz CT molecular complexity index is 953. The normalized spacial score (nSPS) is 15.7. The fourth-order valence-electron chi connectivity index (χ4n) is 2.58. The highest BCUT2D eigenvalue weighted by atomic mass is 35.5. The third-order valence-electron chi connectivity index (χ3n) is 3.93. The third kappa shape index (κ3) is 3.63. The van der Waals surface area contributed by atoms with Crippen LogP contribution in [0.4, 0.5) is 10.5 Å². The molecule has 0 aliphatic carbocycles. The van der Waals surface area contributed by atoms with Gasteiger partial charge >= 0.3 is 6.03 Å². The Morgan fingerprint density at radius 2 is 1.70 bits per heavy atom. The number of benzene rings is 2. The van der Waals surface area contributed by atoms with E-state index < -0.39 is 17.8 Å². The number of methoxy groups -OCH3 is 2. The molecular weight excluding hydrogens is 372 g/mol. The summed E-state index contributed by atoms with van der Waals surface area (Å²) >= 11 is 5.85. The number of urea groups is 1. The Balaban J connectivity index is 2.03. The van der Waals surface area contributed by atoms with E-state index in [2.05, 4.69) is 5.32 Å². The first-order chi connectivity index (χ1) is 12.9. The highest BCUT2D eigenvalue weighted by Crippen LogP contribution is 2.28. The van der Waals surface area contributed by atoms with E-state index in [0.29, 0.717) is 27.8 Å². The van der Waals surface area contributed by atoms with E-state index in [9.17, 15) is 14.4 Å². The van der Waals surface area contributed by atoms with Crippen molar-refractivity contribution in [3.05, 3.63) is 58.6 Å². The fraction of sp³-hybridized carbons (Fsp3) is 0.105. The molecule has 2 aromatic carbocycles. The van der Waals surface area contributed by atoms with Gasteiger partial charge in [0.05, 0.1) is 19.9 Å². The summed E-state index contributed by atoms with van der Waals surface area (Å²) in [4.78, 5) is 38.1. The average Bonchev–Trinajstić information content (AvgIpc) is 2.66. The number of hydrogen-bond acceptors (Lipinski definition) is 5. The zero-order valence-corrected chi connectivity index (χ0v) is 15.2. The number of hydrogen-bond donors (Lipinski definition) is 1. The number of ether oxygens (including phenoxy) is 2. The molecule has 2 aromatic rings. The Kier molecular flexibility index (Phi) is 5.14. The monoisotopic (exact) mass is 386 g/mol. The van der Waals surface area contributed by atoms with Crippen molar-refractivity contribution in [1.82, 2.24) is 5.32 Å². The Labute approximate surface area is 160 Å². The smallest absolute Gasteiger partial charge is 0.335 e. The van der Waals surface area contributed by atoms with Gasteiger partial charge in [-0.05, 0) is 42.5 Å². The van der Waals surface area contributed by atoms with Crippen molar-refractivity contribution in [2.75, 3.05) is 19.1 Å². The van der Waals surface area contributed by atoms with Crippen molar-refractivity contribution in [2.45, 2.75) is 0 Å². The second-order valence-electron chi connectivity index (χ2n) is 5.54. The van der Waals surface area contributed by atoms with Crippen LogP contribution < -0.4 is 19.7 Å². The Hall–Kier alpha value is -3.32. The molecule has 0 bridgehead atoms. The summed E-state index contributed by atoms with van der Waals surface area (Å²) in [5.74, 6) is -0.555. The number of carbonyl (C=O) groups excluding carboxylic acids is 3. The van der Waals surface area contributed by atoms with Gasteiger partial charge in [0.1, 0.15) is 17.1 Å². The van der Waals surface area contributed by atoms with E-state index in [0.717, 1.165) is 4.90 Å². The summed E-state index contributed by atoms with van der Waals surface area (Å²) in [5, 5.41) is 2.62. The van der Waals surface area contributed by atoms with E-state index in [1.807, 2.05) is 0 Å². The lowest BCUT2D eigenvalue weighted by atomic mass is 10.1. The number of barbiturate groups is 1. The van der Waals surface area contributed by atoms with Crippen LogP contribution in [0.5, 0.6) is 11.5 Å².